The first kappa shape index (κ1) is 15.7. The van der Waals surface area contributed by atoms with Crippen molar-refractivity contribution in [3.63, 3.8) is 0 Å². The van der Waals surface area contributed by atoms with Gasteiger partial charge in [-0.2, -0.15) is 0 Å². The second-order valence-electron chi connectivity index (χ2n) is 0.183. The molecule has 0 aliphatic heterocycles. The zero-order valence-electron chi connectivity index (χ0n) is 3.09. The van der Waals surface area contributed by atoms with Crippen LogP contribution in [0.4, 0.5) is 0 Å². The second-order valence-corrected chi connectivity index (χ2v) is 0.548. The van der Waals surface area contributed by atoms with Crippen LogP contribution in [0.3, 0.4) is 0 Å². The smallest absolute Gasteiger partial charge is 0.811 e. The summed E-state index contributed by atoms with van der Waals surface area (Å²) in [6.07, 6.45) is 0. The molecule has 0 saturated carbocycles. The van der Waals surface area contributed by atoms with Crippen LogP contribution in [-0.4, -0.2) is 9.79 Å². The van der Waals surface area contributed by atoms with Gasteiger partial charge < -0.3 is 19.6 Å². The summed E-state index contributed by atoms with van der Waals surface area (Å²) in [5.41, 5.74) is 0. The Balaban J connectivity index is -0.0000000400. The molecule has 1 radical (unpaired) electrons. The Morgan fingerprint density at radius 1 is 1.00 bits per heavy atom. The SMILES string of the molecule is [Mn+2].[O-]PO.[O-]PO. The van der Waals surface area contributed by atoms with Gasteiger partial charge in [0.1, 0.15) is 0 Å². The predicted octanol–water partition coefficient (Wildman–Crippen LogP) is -2.31. The Hall–Kier alpha value is 1.22. The van der Waals surface area contributed by atoms with E-state index >= 15 is 0 Å². The molecular formula is H4MnO4P2. The average Bonchev–Trinajstić information content (AvgIpc) is 1.39. The Morgan fingerprint density at radius 3 is 1.00 bits per heavy atom. The van der Waals surface area contributed by atoms with Gasteiger partial charge in [0.25, 0.3) is 0 Å². The van der Waals surface area contributed by atoms with Gasteiger partial charge in [0, 0.05) is 0 Å². The summed E-state index contributed by atoms with van der Waals surface area (Å²) in [5, 5.41) is 0. The maximum atomic E-state index is 8.51. The van der Waals surface area contributed by atoms with Crippen LogP contribution in [0.1, 0.15) is 0 Å². The first-order chi connectivity index (χ1) is 2.83. The molecule has 0 saturated heterocycles. The Labute approximate surface area is 55.3 Å². The minimum absolute atomic E-state index is 0. The maximum absolute atomic E-state index is 8.51. The topological polar surface area (TPSA) is 86.6 Å². The number of hydrogen-bond donors (Lipinski definition) is 2. The average molecular weight is 185 g/mol. The maximum Gasteiger partial charge on any atom is 2.00 e. The van der Waals surface area contributed by atoms with Crippen molar-refractivity contribution in [2.45, 2.75) is 0 Å². The molecule has 4 nitrogen and oxygen atoms in total. The van der Waals surface area contributed by atoms with Crippen LogP contribution in [-0.2, 0) is 17.1 Å². The molecule has 0 rings (SSSR count). The third-order valence-corrected chi connectivity index (χ3v) is 0. The van der Waals surface area contributed by atoms with E-state index in [2.05, 4.69) is 0 Å². The van der Waals surface area contributed by atoms with Crippen molar-refractivity contribution in [3.05, 3.63) is 0 Å². The molecule has 0 aliphatic carbocycles. The van der Waals surface area contributed by atoms with E-state index in [1.165, 1.54) is 0 Å². The van der Waals surface area contributed by atoms with Crippen molar-refractivity contribution in [3.8, 4) is 0 Å². The van der Waals surface area contributed by atoms with Crippen LogP contribution in [0.2, 0.25) is 0 Å². The standard InChI is InChI=1S/Mn.2H2O2P/c;2*1-3-2/h;2*1,3H/q+2;2*-1. The van der Waals surface area contributed by atoms with Gasteiger partial charge in [0.05, 0.1) is 0 Å². The molecule has 0 bridgehead atoms. The summed E-state index contributed by atoms with van der Waals surface area (Å²) in [5.74, 6) is 0. The first-order valence-electron chi connectivity index (χ1n) is 0.855. The van der Waals surface area contributed by atoms with E-state index in [0.29, 0.717) is 0 Å². The van der Waals surface area contributed by atoms with Crippen LogP contribution in [0.25, 0.3) is 0 Å². The summed E-state index contributed by atoms with van der Waals surface area (Å²) >= 11 is 0. The Bertz CT molecular complexity index is 11.7. The van der Waals surface area contributed by atoms with Crippen molar-refractivity contribution in [1.82, 2.24) is 0 Å². The number of rotatable bonds is 0. The summed E-state index contributed by atoms with van der Waals surface area (Å²) < 4.78 is 0. The molecule has 45 valence electrons. The Morgan fingerprint density at radius 2 is 1.00 bits per heavy atom. The van der Waals surface area contributed by atoms with Crippen molar-refractivity contribution < 1.29 is 36.6 Å². The molecule has 0 amide bonds. The molecule has 0 spiro atoms. The normalized spacial score (nSPS) is 8.57. The summed E-state index contributed by atoms with van der Waals surface area (Å²) in [6, 6.07) is 0. The van der Waals surface area contributed by atoms with Gasteiger partial charge in [-0.25, -0.2) is 0 Å². The van der Waals surface area contributed by atoms with Gasteiger partial charge in [-0.05, 0) is 0 Å². The molecule has 0 fully saturated rings. The zero-order chi connectivity index (χ0) is 5.41. The predicted molar refractivity (Wildman–Crippen MR) is 21.1 cm³/mol. The minimum Gasteiger partial charge on any atom is -0.811 e. The van der Waals surface area contributed by atoms with Crippen LogP contribution in [0.15, 0.2) is 0 Å². The van der Waals surface area contributed by atoms with E-state index in [-0.39, 0.29) is 17.1 Å². The molecule has 0 aromatic carbocycles. The molecule has 0 aromatic heterocycles. The van der Waals surface area contributed by atoms with Gasteiger partial charge in [0.2, 0.25) is 0 Å². The van der Waals surface area contributed by atoms with Crippen molar-refractivity contribution in [2.75, 3.05) is 0 Å². The fraction of sp³-hybridized carbons (Fsp3) is 0. The molecule has 2 unspecified atom stereocenters. The molecular weight excluding hydrogens is 181 g/mol. The monoisotopic (exact) mass is 185 g/mol. The largest absolute Gasteiger partial charge is 2.00 e. The Kier molecular flexibility index (Phi) is 60.5. The van der Waals surface area contributed by atoms with Crippen molar-refractivity contribution >= 4 is 18.1 Å². The summed E-state index contributed by atoms with van der Waals surface area (Å²) in [7, 11) is -2.33. The fourth-order valence-corrected chi connectivity index (χ4v) is 0. The number of hydrogen-bond acceptors (Lipinski definition) is 4. The second kappa shape index (κ2) is 26.9. The van der Waals surface area contributed by atoms with E-state index < -0.39 is 18.1 Å². The zero-order valence-corrected chi connectivity index (χ0v) is 6.27. The molecule has 7 heavy (non-hydrogen) atoms. The third-order valence-electron chi connectivity index (χ3n) is 0. The molecule has 0 heterocycles. The first-order valence-corrected chi connectivity index (χ1v) is 2.57. The van der Waals surface area contributed by atoms with Crippen LogP contribution in [0.5, 0.6) is 0 Å². The van der Waals surface area contributed by atoms with Gasteiger partial charge in [-0.15, -0.1) is 0 Å². The van der Waals surface area contributed by atoms with Gasteiger partial charge in [-0.3, -0.25) is 0 Å². The van der Waals surface area contributed by atoms with Crippen molar-refractivity contribution in [1.29, 1.82) is 0 Å². The van der Waals surface area contributed by atoms with Gasteiger partial charge >= 0.3 is 17.1 Å². The summed E-state index contributed by atoms with van der Waals surface area (Å²) in [6.45, 7) is 0. The molecule has 2 atom stereocenters. The van der Waals surface area contributed by atoms with Crippen LogP contribution < -0.4 is 9.79 Å². The van der Waals surface area contributed by atoms with E-state index in [1.807, 2.05) is 0 Å². The van der Waals surface area contributed by atoms with Gasteiger partial charge in [0.15, 0.2) is 0 Å². The molecule has 7 heteroatoms. The third kappa shape index (κ3) is 132. The quantitative estimate of drug-likeness (QED) is 0.328. The summed E-state index contributed by atoms with van der Waals surface area (Å²) in [4.78, 5) is 31.1. The molecule has 0 aromatic rings. The van der Waals surface area contributed by atoms with E-state index in [1.54, 1.807) is 0 Å². The van der Waals surface area contributed by atoms with Crippen molar-refractivity contribution in [2.24, 2.45) is 0 Å². The molecule has 2 N–H and O–H groups in total. The molecule has 0 aliphatic rings. The van der Waals surface area contributed by atoms with Gasteiger partial charge in [-0.1, -0.05) is 18.1 Å². The minimum atomic E-state index is -1.17. The fourth-order valence-electron chi connectivity index (χ4n) is 0. The van der Waals surface area contributed by atoms with E-state index in [9.17, 15) is 0 Å². The van der Waals surface area contributed by atoms with E-state index in [0.717, 1.165) is 0 Å². The van der Waals surface area contributed by atoms with E-state index in [4.69, 9.17) is 19.6 Å². The van der Waals surface area contributed by atoms with Crippen LogP contribution >= 0.6 is 18.1 Å². The van der Waals surface area contributed by atoms with Crippen LogP contribution in [0, 0.1) is 0 Å².